The molecule has 0 saturated carbocycles. The Morgan fingerprint density at radius 3 is 2.33 bits per heavy atom. The Labute approximate surface area is 127 Å². The van der Waals surface area contributed by atoms with Crippen LogP contribution in [0.4, 0.5) is 11.6 Å². The van der Waals surface area contributed by atoms with E-state index >= 15 is 0 Å². The summed E-state index contributed by atoms with van der Waals surface area (Å²) in [5.74, 6) is 2.24. The second-order valence-electron chi connectivity index (χ2n) is 4.99. The lowest BCUT2D eigenvalue weighted by Gasteiger charge is -2.15. The standard InChI is InChI=1S/C13H25N5O2S/c1-6-7-11-16-12(14-3)10(2)13(17-11)15-8-9-21(19,20)18(4)5/h6-9H2,1-5H3,(H2,14,15,16,17). The third-order valence-electron chi connectivity index (χ3n) is 3.11. The smallest absolute Gasteiger partial charge is 0.215 e. The number of rotatable bonds is 8. The molecular weight excluding hydrogens is 290 g/mol. The summed E-state index contributed by atoms with van der Waals surface area (Å²) in [4.78, 5) is 8.90. The molecule has 7 nitrogen and oxygen atoms in total. The maximum Gasteiger partial charge on any atom is 0.215 e. The first-order chi connectivity index (χ1) is 9.81. The van der Waals surface area contributed by atoms with Crippen molar-refractivity contribution in [1.29, 1.82) is 0 Å². The molecule has 0 bridgehead atoms. The third kappa shape index (κ3) is 4.82. The Morgan fingerprint density at radius 2 is 1.81 bits per heavy atom. The predicted molar refractivity (Wildman–Crippen MR) is 86.3 cm³/mol. The zero-order chi connectivity index (χ0) is 16.0. The molecule has 1 aromatic heterocycles. The van der Waals surface area contributed by atoms with Gasteiger partial charge in [0.2, 0.25) is 10.0 Å². The second-order valence-corrected chi connectivity index (χ2v) is 7.29. The van der Waals surface area contributed by atoms with Gasteiger partial charge in [-0.25, -0.2) is 22.7 Å². The maximum atomic E-state index is 11.7. The summed E-state index contributed by atoms with van der Waals surface area (Å²) in [6, 6.07) is 0. The third-order valence-corrected chi connectivity index (χ3v) is 4.94. The van der Waals surface area contributed by atoms with Crippen molar-refractivity contribution < 1.29 is 8.42 Å². The van der Waals surface area contributed by atoms with E-state index in [1.165, 1.54) is 18.4 Å². The van der Waals surface area contributed by atoms with Crippen LogP contribution in [0, 0.1) is 6.92 Å². The summed E-state index contributed by atoms with van der Waals surface area (Å²) in [7, 11) is 1.67. The lowest BCUT2D eigenvalue weighted by Crippen LogP contribution is -2.28. The van der Waals surface area contributed by atoms with Crippen LogP contribution in [0.2, 0.25) is 0 Å². The van der Waals surface area contributed by atoms with Crippen molar-refractivity contribution in [1.82, 2.24) is 14.3 Å². The largest absolute Gasteiger partial charge is 0.373 e. The van der Waals surface area contributed by atoms with Gasteiger partial charge in [-0.3, -0.25) is 0 Å². The van der Waals surface area contributed by atoms with Crippen molar-refractivity contribution in [2.24, 2.45) is 0 Å². The van der Waals surface area contributed by atoms with Crippen molar-refractivity contribution in [2.75, 3.05) is 44.1 Å². The van der Waals surface area contributed by atoms with Crippen molar-refractivity contribution in [3.8, 4) is 0 Å². The number of nitrogens with one attached hydrogen (secondary N) is 2. The van der Waals surface area contributed by atoms with E-state index in [1.54, 1.807) is 0 Å². The summed E-state index contributed by atoms with van der Waals surface area (Å²) < 4.78 is 24.7. The molecule has 1 heterocycles. The summed E-state index contributed by atoms with van der Waals surface area (Å²) in [6.07, 6.45) is 1.75. The molecule has 0 aliphatic heterocycles. The number of hydrogen-bond donors (Lipinski definition) is 2. The molecular formula is C13H25N5O2S. The van der Waals surface area contributed by atoms with E-state index in [0.717, 1.165) is 30.0 Å². The molecule has 0 atom stereocenters. The first-order valence-electron chi connectivity index (χ1n) is 7.01. The number of aryl methyl sites for hydroxylation is 1. The summed E-state index contributed by atoms with van der Waals surface area (Å²) in [6.45, 7) is 4.29. The molecule has 0 spiro atoms. The van der Waals surface area contributed by atoms with E-state index in [2.05, 4.69) is 27.5 Å². The van der Waals surface area contributed by atoms with Crippen LogP contribution in [0.1, 0.15) is 24.7 Å². The van der Waals surface area contributed by atoms with Gasteiger partial charge in [0, 0.05) is 39.7 Å². The van der Waals surface area contributed by atoms with Gasteiger partial charge in [-0.05, 0) is 13.3 Å². The number of aromatic nitrogens is 2. The molecule has 2 N–H and O–H groups in total. The fraction of sp³-hybridized carbons (Fsp3) is 0.692. The van der Waals surface area contributed by atoms with Crippen LogP contribution in [-0.2, 0) is 16.4 Å². The Kier molecular flexibility index (Phi) is 6.35. The molecule has 0 unspecified atom stereocenters. The van der Waals surface area contributed by atoms with Crippen LogP contribution in [-0.4, -0.2) is 56.1 Å². The molecule has 21 heavy (non-hydrogen) atoms. The van der Waals surface area contributed by atoms with Gasteiger partial charge in [-0.15, -0.1) is 0 Å². The van der Waals surface area contributed by atoms with Crippen LogP contribution in [0.25, 0.3) is 0 Å². The highest BCUT2D eigenvalue weighted by atomic mass is 32.2. The average Bonchev–Trinajstić information content (AvgIpc) is 2.41. The molecule has 0 fully saturated rings. The molecule has 8 heteroatoms. The van der Waals surface area contributed by atoms with Crippen LogP contribution < -0.4 is 10.6 Å². The van der Waals surface area contributed by atoms with Gasteiger partial charge < -0.3 is 10.6 Å². The van der Waals surface area contributed by atoms with E-state index < -0.39 is 10.0 Å². The summed E-state index contributed by atoms with van der Waals surface area (Å²) >= 11 is 0. The quantitative estimate of drug-likeness (QED) is 0.746. The SMILES string of the molecule is CCCc1nc(NC)c(C)c(NCCS(=O)(=O)N(C)C)n1. The van der Waals surface area contributed by atoms with Gasteiger partial charge >= 0.3 is 0 Å². The Morgan fingerprint density at radius 1 is 1.19 bits per heavy atom. The molecule has 0 amide bonds. The minimum Gasteiger partial charge on any atom is -0.373 e. The summed E-state index contributed by atoms with van der Waals surface area (Å²) in [5.41, 5.74) is 0.889. The number of hydrogen-bond acceptors (Lipinski definition) is 6. The molecule has 0 aromatic carbocycles. The van der Waals surface area contributed by atoms with Crippen LogP contribution >= 0.6 is 0 Å². The lowest BCUT2D eigenvalue weighted by molar-refractivity contribution is 0.521. The van der Waals surface area contributed by atoms with Crippen LogP contribution in [0.15, 0.2) is 0 Å². The monoisotopic (exact) mass is 315 g/mol. The predicted octanol–water partition coefficient (Wildman–Crippen LogP) is 1.08. The minimum atomic E-state index is -3.21. The Bertz CT molecular complexity index is 572. The average molecular weight is 315 g/mol. The van der Waals surface area contributed by atoms with E-state index in [4.69, 9.17) is 0 Å². The Balaban J connectivity index is 2.85. The van der Waals surface area contributed by atoms with Gasteiger partial charge in [-0.2, -0.15) is 0 Å². The van der Waals surface area contributed by atoms with Crippen molar-refractivity contribution in [2.45, 2.75) is 26.7 Å². The molecule has 0 saturated heterocycles. The van der Waals surface area contributed by atoms with Gasteiger partial charge in [0.15, 0.2) is 0 Å². The molecule has 0 aliphatic rings. The normalized spacial score (nSPS) is 11.7. The number of anilines is 2. The van der Waals surface area contributed by atoms with Crippen LogP contribution in [0.5, 0.6) is 0 Å². The highest BCUT2D eigenvalue weighted by Gasteiger charge is 2.14. The van der Waals surface area contributed by atoms with Crippen molar-refractivity contribution >= 4 is 21.7 Å². The van der Waals surface area contributed by atoms with Gasteiger partial charge in [0.1, 0.15) is 17.5 Å². The molecule has 0 radical (unpaired) electrons. The van der Waals surface area contributed by atoms with Gasteiger partial charge in [0.25, 0.3) is 0 Å². The zero-order valence-corrected chi connectivity index (χ0v) is 14.2. The second kappa shape index (κ2) is 7.56. The van der Waals surface area contributed by atoms with Crippen molar-refractivity contribution in [3.05, 3.63) is 11.4 Å². The number of sulfonamides is 1. The van der Waals surface area contributed by atoms with E-state index in [9.17, 15) is 8.42 Å². The first kappa shape index (κ1) is 17.6. The van der Waals surface area contributed by atoms with E-state index in [0.29, 0.717) is 12.4 Å². The lowest BCUT2D eigenvalue weighted by atomic mass is 10.2. The van der Waals surface area contributed by atoms with Crippen molar-refractivity contribution in [3.63, 3.8) is 0 Å². The van der Waals surface area contributed by atoms with E-state index in [-0.39, 0.29) is 5.75 Å². The molecule has 0 aliphatic carbocycles. The molecule has 1 aromatic rings. The fourth-order valence-electron chi connectivity index (χ4n) is 1.79. The molecule has 1 rings (SSSR count). The highest BCUT2D eigenvalue weighted by molar-refractivity contribution is 7.89. The van der Waals surface area contributed by atoms with Crippen LogP contribution in [0.3, 0.4) is 0 Å². The first-order valence-corrected chi connectivity index (χ1v) is 8.62. The van der Waals surface area contributed by atoms with Gasteiger partial charge in [0.05, 0.1) is 5.75 Å². The molecule has 120 valence electrons. The summed E-state index contributed by atoms with van der Waals surface area (Å²) in [5, 5.41) is 6.14. The minimum absolute atomic E-state index is 0.0292. The van der Waals surface area contributed by atoms with E-state index in [1.807, 2.05) is 14.0 Å². The Hall–Kier alpha value is -1.41. The topological polar surface area (TPSA) is 87.2 Å². The highest BCUT2D eigenvalue weighted by Crippen LogP contribution is 2.20. The zero-order valence-electron chi connectivity index (χ0n) is 13.4. The fourth-order valence-corrected chi connectivity index (χ4v) is 2.52. The number of nitrogens with zero attached hydrogens (tertiary/aromatic N) is 3. The van der Waals surface area contributed by atoms with Gasteiger partial charge in [-0.1, -0.05) is 6.92 Å². The maximum absolute atomic E-state index is 11.7.